The Morgan fingerprint density at radius 1 is 1.53 bits per heavy atom. The van der Waals surface area contributed by atoms with E-state index in [0.29, 0.717) is 5.88 Å². The van der Waals surface area contributed by atoms with Crippen LogP contribution in [0, 0.1) is 0 Å². The van der Waals surface area contributed by atoms with Gasteiger partial charge in [0.15, 0.2) is 0 Å². The Morgan fingerprint density at radius 2 is 2.32 bits per heavy atom. The highest BCUT2D eigenvalue weighted by Gasteiger charge is 2.23. The van der Waals surface area contributed by atoms with Gasteiger partial charge in [-0.1, -0.05) is 6.92 Å². The molecule has 19 heavy (non-hydrogen) atoms. The van der Waals surface area contributed by atoms with Gasteiger partial charge in [-0.25, -0.2) is 14.8 Å². The van der Waals surface area contributed by atoms with Crippen LogP contribution in [0.15, 0.2) is 18.6 Å². The van der Waals surface area contributed by atoms with Crippen molar-refractivity contribution in [1.82, 2.24) is 20.2 Å². The second kappa shape index (κ2) is 6.92. The number of amides is 2. The van der Waals surface area contributed by atoms with E-state index < -0.39 is 0 Å². The average Bonchev–Trinajstić information content (AvgIpc) is 2.46. The summed E-state index contributed by atoms with van der Waals surface area (Å²) >= 11 is 0. The molecule has 0 bridgehead atoms. The van der Waals surface area contributed by atoms with Crippen LogP contribution in [-0.2, 0) is 0 Å². The monoisotopic (exact) mass is 264 g/mol. The summed E-state index contributed by atoms with van der Waals surface area (Å²) in [5.41, 5.74) is 0. The fourth-order valence-electron chi connectivity index (χ4n) is 2.04. The lowest BCUT2D eigenvalue weighted by Gasteiger charge is -2.31. The number of nitrogens with zero attached hydrogens (tertiary/aromatic N) is 3. The number of hydrogen-bond acceptors (Lipinski definition) is 4. The fourth-order valence-corrected chi connectivity index (χ4v) is 2.04. The van der Waals surface area contributed by atoms with E-state index in [9.17, 15) is 4.79 Å². The number of piperidine rings is 1. The Morgan fingerprint density at radius 3 is 2.95 bits per heavy atom. The Balaban J connectivity index is 1.75. The van der Waals surface area contributed by atoms with E-state index in [4.69, 9.17) is 4.74 Å². The van der Waals surface area contributed by atoms with Gasteiger partial charge in [0, 0.05) is 44.7 Å². The Hall–Kier alpha value is -1.85. The van der Waals surface area contributed by atoms with Gasteiger partial charge >= 0.3 is 6.03 Å². The topological polar surface area (TPSA) is 67.4 Å². The Kier molecular flexibility index (Phi) is 4.94. The molecule has 6 heteroatoms. The first-order valence-corrected chi connectivity index (χ1v) is 6.75. The molecule has 0 radical (unpaired) electrons. The van der Waals surface area contributed by atoms with Crippen LogP contribution in [0.2, 0.25) is 0 Å². The summed E-state index contributed by atoms with van der Waals surface area (Å²) in [5, 5.41) is 2.89. The molecule has 1 fully saturated rings. The lowest BCUT2D eigenvalue weighted by molar-refractivity contribution is 0.107. The first kappa shape index (κ1) is 13.6. The minimum Gasteiger partial charge on any atom is -0.474 e. The zero-order valence-corrected chi connectivity index (χ0v) is 11.2. The maximum absolute atomic E-state index is 11.8. The molecule has 104 valence electrons. The smallest absolute Gasteiger partial charge is 0.317 e. The molecule has 1 aromatic heterocycles. The zero-order chi connectivity index (χ0) is 13.5. The second-order valence-corrected chi connectivity index (χ2v) is 4.58. The number of aromatic nitrogens is 2. The molecule has 1 aromatic rings. The highest BCUT2D eigenvalue weighted by Crippen LogP contribution is 2.16. The van der Waals surface area contributed by atoms with E-state index in [0.717, 1.165) is 38.9 Å². The van der Waals surface area contributed by atoms with Gasteiger partial charge in [0.05, 0.1) is 0 Å². The van der Waals surface area contributed by atoms with Gasteiger partial charge in [0.2, 0.25) is 5.88 Å². The number of carbonyl (C=O) groups excluding carboxylic acids is 1. The van der Waals surface area contributed by atoms with E-state index in [1.54, 1.807) is 12.3 Å². The number of rotatable bonds is 4. The molecule has 2 rings (SSSR count). The third-order valence-corrected chi connectivity index (χ3v) is 3.10. The standard InChI is InChI=1S/C13H20N4O2/c1-2-6-15-13(18)17-8-4-11(5-9-17)19-12-3-7-14-10-16-12/h3,7,10-11H,2,4-6,8-9H2,1H3,(H,15,18). The van der Waals surface area contributed by atoms with Crippen LogP contribution < -0.4 is 10.1 Å². The minimum absolute atomic E-state index is 0.0299. The largest absolute Gasteiger partial charge is 0.474 e. The SMILES string of the molecule is CCCNC(=O)N1CCC(Oc2ccncn2)CC1. The van der Waals surface area contributed by atoms with Gasteiger partial charge in [0.25, 0.3) is 0 Å². The van der Waals surface area contributed by atoms with Crippen LogP contribution in [0.4, 0.5) is 4.79 Å². The number of carbonyl (C=O) groups is 1. The van der Waals surface area contributed by atoms with E-state index in [1.807, 2.05) is 11.8 Å². The van der Waals surface area contributed by atoms with Crippen LogP contribution in [0.3, 0.4) is 0 Å². The normalized spacial score (nSPS) is 16.2. The molecule has 2 heterocycles. The number of hydrogen-bond donors (Lipinski definition) is 1. The van der Waals surface area contributed by atoms with Gasteiger partial charge in [-0.3, -0.25) is 0 Å². The van der Waals surface area contributed by atoms with Gasteiger partial charge in [-0.2, -0.15) is 0 Å². The maximum atomic E-state index is 11.8. The van der Waals surface area contributed by atoms with E-state index >= 15 is 0 Å². The Labute approximate surface area is 113 Å². The third kappa shape index (κ3) is 4.08. The molecular formula is C13H20N4O2. The minimum atomic E-state index is 0.0299. The summed E-state index contributed by atoms with van der Waals surface area (Å²) in [6, 6.07) is 1.78. The van der Waals surface area contributed by atoms with E-state index in [-0.39, 0.29) is 12.1 Å². The predicted octanol–water partition coefficient (Wildman–Crippen LogP) is 1.44. The zero-order valence-electron chi connectivity index (χ0n) is 11.2. The molecular weight excluding hydrogens is 244 g/mol. The van der Waals surface area contributed by atoms with Crippen LogP contribution >= 0.6 is 0 Å². The molecule has 1 aliphatic rings. The van der Waals surface area contributed by atoms with Crippen molar-refractivity contribution >= 4 is 6.03 Å². The van der Waals surface area contributed by atoms with Crippen molar-refractivity contribution in [2.24, 2.45) is 0 Å². The summed E-state index contributed by atoms with van der Waals surface area (Å²) in [6.07, 6.45) is 5.90. The summed E-state index contributed by atoms with van der Waals surface area (Å²) in [4.78, 5) is 21.5. The first-order valence-electron chi connectivity index (χ1n) is 6.75. The molecule has 0 spiro atoms. The van der Waals surface area contributed by atoms with Crippen molar-refractivity contribution in [1.29, 1.82) is 0 Å². The van der Waals surface area contributed by atoms with Crippen molar-refractivity contribution in [3.63, 3.8) is 0 Å². The number of urea groups is 1. The molecule has 2 amide bonds. The highest BCUT2D eigenvalue weighted by molar-refractivity contribution is 5.74. The number of ether oxygens (including phenoxy) is 1. The van der Waals surface area contributed by atoms with Crippen molar-refractivity contribution in [3.8, 4) is 5.88 Å². The maximum Gasteiger partial charge on any atom is 0.317 e. The van der Waals surface area contributed by atoms with Gasteiger partial charge in [-0.15, -0.1) is 0 Å². The van der Waals surface area contributed by atoms with Crippen LogP contribution in [0.1, 0.15) is 26.2 Å². The average molecular weight is 264 g/mol. The highest BCUT2D eigenvalue weighted by atomic mass is 16.5. The summed E-state index contributed by atoms with van der Waals surface area (Å²) in [6.45, 7) is 4.23. The van der Waals surface area contributed by atoms with Crippen molar-refractivity contribution in [2.45, 2.75) is 32.3 Å². The molecule has 0 unspecified atom stereocenters. The summed E-state index contributed by atoms with van der Waals surface area (Å²) in [5.74, 6) is 0.601. The van der Waals surface area contributed by atoms with Crippen LogP contribution in [0.5, 0.6) is 5.88 Å². The fraction of sp³-hybridized carbons (Fsp3) is 0.615. The lowest BCUT2D eigenvalue weighted by Crippen LogP contribution is -2.46. The molecule has 0 aromatic carbocycles. The molecule has 1 N–H and O–H groups in total. The van der Waals surface area contributed by atoms with Gasteiger partial charge < -0.3 is 15.0 Å². The van der Waals surface area contributed by atoms with Crippen molar-refractivity contribution < 1.29 is 9.53 Å². The summed E-state index contributed by atoms with van der Waals surface area (Å²) in [7, 11) is 0. The summed E-state index contributed by atoms with van der Waals surface area (Å²) < 4.78 is 5.76. The number of nitrogens with one attached hydrogen (secondary N) is 1. The van der Waals surface area contributed by atoms with Gasteiger partial charge in [-0.05, 0) is 6.42 Å². The van der Waals surface area contributed by atoms with Crippen molar-refractivity contribution in [3.05, 3.63) is 18.6 Å². The van der Waals surface area contributed by atoms with E-state index in [2.05, 4.69) is 15.3 Å². The first-order chi connectivity index (χ1) is 9.29. The van der Waals surface area contributed by atoms with Gasteiger partial charge in [0.1, 0.15) is 12.4 Å². The third-order valence-electron chi connectivity index (χ3n) is 3.10. The lowest BCUT2D eigenvalue weighted by atomic mass is 10.1. The van der Waals surface area contributed by atoms with Crippen LogP contribution in [0.25, 0.3) is 0 Å². The number of likely N-dealkylation sites (tertiary alicyclic amines) is 1. The Bertz CT molecular complexity index is 391. The van der Waals surface area contributed by atoms with Crippen molar-refractivity contribution in [2.75, 3.05) is 19.6 Å². The molecule has 6 nitrogen and oxygen atoms in total. The molecule has 0 saturated carbocycles. The molecule has 0 atom stereocenters. The molecule has 1 aliphatic heterocycles. The van der Waals surface area contributed by atoms with E-state index in [1.165, 1.54) is 6.33 Å². The molecule has 0 aliphatic carbocycles. The predicted molar refractivity (Wildman–Crippen MR) is 70.9 cm³/mol. The quantitative estimate of drug-likeness (QED) is 0.893. The second-order valence-electron chi connectivity index (χ2n) is 4.58. The van der Waals surface area contributed by atoms with Crippen LogP contribution in [-0.4, -0.2) is 46.6 Å². The molecule has 1 saturated heterocycles.